The average Bonchev–Trinajstić information content (AvgIpc) is 2.30. The van der Waals surface area contributed by atoms with Gasteiger partial charge in [0.05, 0.1) is 0 Å². The second-order valence-corrected chi connectivity index (χ2v) is 3.85. The number of aliphatic imine (C=N–C) groups is 1. The van der Waals surface area contributed by atoms with Gasteiger partial charge in [-0.1, -0.05) is 6.07 Å². The van der Waals surface area contributed by atoms with E-state index in [9.17, 15) is 4.39 Å². The maximum Gasteiger partial charge on any atom is 0.190 e. The molecule has 1 aromatic rings. The Bertz CT molecular complexity index is 388. The highest BCUT2D eigenvalue weighted by Gasteiger charge is 2.00. The van der Waals surface area contributed by atoms with Crippen LogP contribution in [0.2, 0.25) is 0 Å². The van der Waals surface area contributed by atoms with Crippen molar-refractivity contribution in [3.8, 4) is 0 Å². The quantitative estimate of drug-likeness (QED) is 0.619. The highest BCUT2D eigenvalue weighted by Crippen LogP contribution is 2.10. The van der Waals surface area contributed by atoms with Crippen molar-refractivity contribution in [3.63, 3.8) is 0 Å². The third-order valence-electron chi connectivity index (χ3n) is 2.56. The summed E-state index contributed by atoms with van der Waals surface area (Å²) in [7, 11) is 1.74. The maximum absolute atomic E-state index is 12.9. The van der Waals surface area contributed by atoms with Crippen LogP contribution in [0.15, 0.2) is 23.2 Å². The molecule has 0 aliphatic carbocycles. The zero-order valence-electron chi connectivity index (χ0n) is 10.7. The van der Waals surface area contributed by atoms with Gasteiger partial charge in [-0.15, -0.1) is 0 Å². The average molecular weight is 237 g/mol. The Hall–Kier alpha value is -1.58. The molecule has 0 aromatic heterocycles. The van der Waals surface area contributed by atoms with E-state index < -0.39 is 0 Å². The minimum absolute atomic E-state index is 0.178. The van der Waals surface area contributed by atoms with E-state index in [1.807, 2.05) is 19.9 Å². The highest BCUT2D eigenvalue weighted by molar-refractivity contribution is 5.79. The van der Waals surface area contributed by atoms with Gasteiger partial charge in [0.2, 0.25) is 0 Å². The van der Waals surface area contributed by atoms with Gasteiger partial charge in [-0.3, -0.25) is 4.99 Å². The van der Waals surface area contributed by atoms with Gasteiger partial charge in [-0.25, -0.2) is 4.39 Å². The predicted molar refractivity (Wildman–Crippen MR) is 69.9 cm³/mol. The molecule has 0 spiro atoms. The first-order chi connectivity index (χ1) is 8.17. The molecule has 0 unspecified atom stereocenters. The molecular weight excluding hydrogens is 217 g/mol. The van der Waals surface area contributed by atoms with Crippen LogP contribution < -0.4 is 10.6 Å². The van der Waals surface area contributed by atoms with Crippen molar-refractivity contribution >= 4 is 5.96 Å². The Morgan fingerprint density at radius 1 is 1.35 bits per heavy atom. The Kier molecular flexibility index (Phi) is 5.46. The van der Waals surface area contributed by atoms with Crippen molar-refractivity contribution in [2.24, 2.45) is 4.99 Å². The molecule has 1 aromatic carbocycles. The SMILES string of the molecule is CCNC(=NC)NCCc1ccc(F)cc1C. The van der Waals surface area contributed by atoms with Crippen LogP contribution >= 0.6 is 0 Å². The summed E-state index contributed by atoms with van der Waals surface area (Å²) in [5, 5.41) is 6.33. The van der Waals surface area contributed by atoms with Gasteiger partial charge >= 0.3 is 0 Å². The minimum atomic E-state index is -0.178. The second-order valence-electron chi connectivity index (χ2n) is 3.85. The van der Waals surface area contributed by atoms with Crippen LogP contribution in [0, 0.1) is 12.7 Å². The van der Waals surface area contributed by atoms with E-state index in [4.69, 9.17) is 0 Å². The van der Waals surface area contributed by atoms with Crippen LogP contribution in [-0.2, 0) is 6.42 Å². The van der Waals surface area contributed by atoms with E-state index >= 15 is 0 Å². The van der Waals surface area contributed by atoms with Crippen LogP contribution in [-0.4, -0.2) is 26.1 Å². The van der Waals surface area contributed by atoms with Crippen LogP contribution in [0.4, 0.5) is 4.39 Å². The third kappa shape index (κ3) is 4.43. The van der Waals surface area contributed by atoms with Gasteiger partial charge in [0, 0.05) is 20.1 Å². The van der Waals surface area contributed by atoms with Crippen LogP contribution in [0.25, 0.3) is 0 Å². The lowest BCUT2D eigenvalue weighted by atomic mass is 10.1. The molecule has 0 aliphatic heterocycles. The second kappa shape index (κ2) is 6.89. The number of nitrogens with one attached hydrogen (secondary N) is 2. The molecule has 0 amide bonds. The number of hydrogen-bond acceptors (Lipinski definition) is 1. The third-order valence-corrected chi connectivity index (χ3v) is 2.56. The molecule has 0 bridgehead atoms. The smallest absolute Gasteiger partial charge is 0.190 e. The Labute approximate surface area is 102 Å². The van der Waals surface area contributed by atoms with Gasteiger partial charge in [-0.05, 0) is 43.5 Å². The summed E-state index contributed by atoms with van der Waals surface area (Å²) in [4.78, 5) is 4.08. The summed E-state index contributed by atoms with van der Waals surface area (Å²) in [5.41, 5.74) is 2.15. The summed E-state index contributed by atoms with van der Waals surface area (Å²) in [6.45, 7) is 5.58. The van der Waals surface area contributed by atoms with Crippen molar-refractivity contribution in [2.45, 2.75) is 20.3 Å². The number of benzene rings is 1. The molecule has 0 fully saturated rings. The monoisotopic (exact) mass is 237 g/mol. The van der Waals surface area contributed by atoms with E-state index in [1.54, 1.807) is 13.1 Å². The lowest BCUT2D eigenvalue weighted by molar-refractivity contribution is 0.625. The van der Waals surface area contributed by atoms with E-state index in [2.05, 4.69) is 15.6 Å². The zero-order valence-corrected chi connectivity index (χ0v) is 10.7. The van der Waals surface area contributed by atoms with E-state index in [0.717, 1.165) is 36.6 Å². The van der Waals surface area contributed by atoms with Gasteiger partial charge < -0.3 is 10.6 Å². The van der Waals surface area contributed by atoms with Crippen molar-refractivity contribution in [2.75, 3.05) is 20.1 Å². The normalized spacial score (nSPS) is 11.4. The molecule has 17 heavy (non-hydrogen) atoms. The number of guanidine groups is 1. The molecule has 0 radical (unpaired) electrons. The fourth-order valence-corrected chi connectivity index (χ4v) is 1.64. The first-order valence-corrected chi connectivity index (χ1v) is 5.87. The van der Waals surface area contributed by atoms with E-state index in [0.29, 0.717) is 0 Å². The molecule has 0 saturated carbocycles. The standard InChI is InChI=1S/C13H20FN3/c1-4-16-13(15-3)17-8-7-11-5-6-12(14)9-10(11)2/h5-6,9H,4,7-8H2,1-3H3,(H2,15,16,17). The number of hydrogen-bond donors (Lipinski definition) is 2. The minimum Gasteiger partial charge on any atom is -0.357 e. The number of aryl methyl sites for hydroxylation is 1. The first-order valence-electron chi connectivity index (χ1n) is 5.87. The largest absolute Gasteiger partial charge is 0.357 e. The molecule has 2 N–H and O–H groups in total. The molecule has 0 aliphatic rings. The molecule has 94 valence electrons. The van der Waals surface area contributed by atoms with Crippen molar-refractivity contribution in [3.05, 3.63) is 35.1 Å². The van der Waals surface area contributed by atoms with Gasteiger partial charge in [0.15, 0.2) is 5.96 Å². The highest BCUT2D eigenvalue weighted by atomic mass is 19.1. The van der Waals surface area contributed by atoms with Crippen molar-refractivity contribution in [1.82, 2.24) is 10.6 Å². The summed E-state index contributed by atoms with van der Waals surface area (Å²) < 4.78 is 12.9. The fourth-order valence-electron chi connectivity index (χ4n) is 1.64. The lowest BCUT2D eigenvalue weighted by Crippen LogP contribution is -2.38. The molecule has 0 heterocycles. The van der Waals surface area contributed by atoms with Gasteiger partial charge in [0.1, 0.15) is 5.82 Å². The summed E-state index contributed by atoms with van der Waals surface area (Å²) in [6, 6.07) is 4.90. The van der Waals surface area contributed by atoms with Crippen LogP contribution in [0.1, 0.15) is 18.1 Å². The van der Waals surface area contributed by atoms with Crippen LogP contribution in [0.5, 0.6) is 0 Å². The lowest BCUT2D eigenvalue weighted by Gasteiger charge is -2.11. The molecular formula is C13H20FN3. The van der Waals surface area contributed by atoms with Gasteiger partial charge in [0.25, 0.3) is 0 Å². The fraction of sp³-hybridized carbons (Fsp3) is 0.462. The van der Waals surface area contributed by atoms with E-state index in [1.165, 1.54) is 6.07 Å². The Morgan fingerprint density at radius 3 is 2.71 bits per heavy atom. The van der Waals surface area contributed by atoms with E-state index in [-0.39, 0.29) is 5.82 Å². The first kappa shape index (κ1) is 13.5. The Balaban J connectivity index is 2.45. The Morgan fingerprint density at radius 2 is 2.12 bits per heavy atom. The molecule has 3 nitrogen and oxygen atoms in total. The van der Waals surface area contributed by atoms with Crippen molar-refractivity contribution < 1.29 is 4.39 Å². The number of halogens is 1. The number of rotatable bonds is 4. The molecule has 0 atom stereocenters. The van der Waals surface area contributed by atoms with Crippen LogP contribution in [0.3, 0.4) is 0 Å². The predicted octanol–water partition coefficient (Wildman–Crippen LogP) is 1.86. The molecule has 0 saturated heterocycles. The molecule has 4 heteroatoms. The number of nitrogens with zero attached hydrogens (tertiary/aromatic N) is 1. The van der Waals surface area contributed by atoms with Gasteiger partial charge in [-0.2, -0.15) is 0 Å². The zero-order chi connectivity index (χ0) is 12.7. The summed E-state index contributed by atoms with van der Waals surface area (Å²) in [5.74, 6) is 0.620. The van der Waals surface area contributed by atoms with Crippen molar-refractivity contribution in [1.29, 1.82) is 0 Å². The summed E-state index contributed by atoms with van der Waals surface area (Å²) in [6.07, 6.45) is 0.858. The summed E-state index contributed by atoms with van der Waals surface area (Å²) >= 11 is 0. The topological polar surface area (TPSA) is 36.4 Å². The molecule has 1 rings (SSSR count). The maximum atomic E-state index is 12.9.